The third kappa shape index (κ3) is 5.23. The fraction of sp³-hybridized carbons (Fsp3) is 0.600. The number of hydrogen-bond donors (Lipinski definition) is 3. The Hall–Kier alpha value is -1.72. The molecule has 1 aromatic rings. The van der Waals surface area contributed by atoms with Crippen LogP contribution >= 0.6 is 0 Å². The number of anilines is 2. The van der Waals surface area contributed by atoms with E-state index in [1.54, 1.807) is 20.8 Å². The molecule has 16 heavy (non-hydrogen) atoms. The maximum atomic E-state index is 11.2. The third-order valence-electron chi connectivity index (χ3n) is 1.29. The van der Waals surface area contributed by atoms with Gasteiger partial charge in [0, 0.05) is 0 Å². The van der Waals surface area contributed by atoms with E-state index in [0.29, 0.717) is 11.5 Å². The zero-order chi connectivity index (χ0) is 12.8. The van der Waals surface area contributed by atoms with Gasteiger partial charge in [0.25, 0.3) is 0 Å². The molecule has 0 spiro atoms. The number of nitrogen functional groups attached to an aromatic ring is 1. The van der Waals surface area contributed by atoms with Gasteiger partial charge in [-0.1, -0.05) is 13.8 Å². The van der Waals surface area contributed by atoms with Gasteiger partial charge in [-0.3, -0.25) is 10.4 Å². The van der Waals surface area contributed by atoms with Crippen molar-refractivity contribution in [2.75, 3.05) is 11.1 Å². The van der Waals surface area contributed by atoms with Crippen molar-refractivity contribution in [2.24, 2.45) is 0 Å². The van der Waals surface area contributed by atoms with Gasteiger partial charge in [0.1, 0.15) is 5.60 Å². The fourth-order valence-electron chi connectivity index (χ4n) is 0.801. The first-order valence-electron chi connectivity index (χ1n) is 5.17. The average Bonchev–Trinajstić information content (AvgIpc) is 2.52. The summed E-state index contributed by atoms with van der Waals surface area (Å²) in [5.74, 6) is 0.347. The van der Waals surface area contributed by atoms with E-state index in [-0.39, 0.29) is 0 Å². The molecule has 1 heterocycles. The fourth-order valence-corrected chi connectivity index (χ4v) is 0.801. The molecule has 0 aromatic carbocycles. The van der Waals surface area contributed by atoms with Crippen LogP contribution in [0.1, 0.15) is 34.6 Å². The Kier molecular flexibility index (Phi) is 5.35. The quantitative estimate of drug-likeness (QED) is 0.687. The first kappa shape index (κ1) is 14.3. The molecule has 6 nitrogen and oxygen atoms in total. The molecule has 0 atom stereocenters. The number of aromatic nitrogens is 2. The largest absolute Gasteiger partial charge is 0.444 e. The lowest BCUT2D eigenvalue weighted by Gasteiger charge is -2.19. The smallest absolute Gasteiger partial charge is 0.413 e. The van der Waals surface area contributed by atoms with E-state index in [0.717, 1.165) is 0 Å². The maximum Gasteiger partial charge on any atom is 0.413 e. The molecule has 1 rings (SSSR count). The number of carbonyl (C=O) groups excluding carboxylic acids is 1. The first-order chi connectivity index (χ1) is 7.38. The van der Waals surface area contributed by atoms with Gasteiger partial charge in [-0.05, 0) is 20.8 Å². The minimum atomic E-state index is -0.562. The number of H-pyrrole nitrogens is 1. The Bertz CT molecular complexity index is 328. The second kappa shape index (κ2) is 5.99. The Balaban J connectivity index is 0.00000106. The van der Waals surface area contributed by atoms with Gasteiger partial charge >= 0.3 is 6.09 Å². The van der Waals surface area contributed by atoms with Gasteiger partial charge in [0.05, 0.1) is 11.9 Å². The number of aromatic amines is 1. The van der Waals surface area contributed by atoms with Gasteiger partial charge < -0.3 is 10.5 Å². The van der Waals surface area contributed by atoms with Crippen LogP contribution in [-0.4, -0.2) is 21.9 Å². The summed E-state index contributed by atoms with van der Waals surface area (Å²) in [6.45, 7) is 9.34. The van der Waals surface area contributed by atoms with Crippen molar-refractivity contribution in [3.8, 4) is 0 Å². The standard InChI is InChI=1S/C8H14N4O2.C2H6/c1-8(2,3)14-7(13)11-6-5(9)4-10-12-6;1-2/h4H,9H2,1-3H3,(H2,10,11,12,13);1-2H3. The zero-order valence-electron chi connectivity index (χ0n) is 10.4. The molecule has 1 aromatic heterocycles. The van der Waals surface area contributed by atoms with E-state index in [1.165, 1.54) is 6.20 Å². The lowest BCUT2D eigenvalue weighted by atomic mass is 10.2. The number of amides is 1. The number of ether oxygens (including phenoxy) is 1. The summed E-state index contributed by atoms with van der Waals surface area (Å²) < 4.78 is 5.01. The first-order valence-corrected chi connectivity index (χ1v) is 5.17. The normalized spacial score (nSPS) is 10.1. The van der Waals surface area contributed by atoms with E-state index in [9.17, 15) is 4.79 Å². The Labute approximate surface area is 95.6 Å². The van der Waals surface area contributed by atoms with Gasteiger partial charge in [-0.25, -0.2) is 4.79 Å². The van der Waals surface area contributed by atoms with Crippen molar-refractivity contribution in [1.82, 2.24) is 10.2 Å². The monoisotopic (exact) mass is 228 g/mol. The number of carbonyl (C=O) groups is 1. The Morgan fingerprint density at radius 1 is 1.50 bits per heavy atom. The second-order valence-electron chi connectivity index (χ2n) is 3.83. The highest BCUT2D eigenvalue weighted by Crippen LogP contribution is 2.14. The van der Waals surface area contributed by atoms with E-state index in [1.807, 2.05) is 13.8 Å². The van der Waals surface area contributed by atoms with Gasteiger partial charge in [0.15, 0.2) is 5.82 Å². The molecule has 0 aliphatic carbocycles. The van der Waals surface area contributed by atoms with Gasteiger partial charge in [0.2, 0.25) is 0 Å². The van der Waals surface area contributed by atoms with Crippen LogP contribution < -0.4 is 11.1 Å². The lowest BCUT2D eigenvalue weighted by molar-refractivity contribution is 0.0635. The van der Waals surface area contributed by atoms with E-state index in [4.69, 9.17) is 10.5 Å². The zero-order valence-corrected chi connectivity index (χ0v) is 10.4. The molecule has 0 unspecified atom stereocenters. The molecule has 0 fully saturated rings. The van der Waals surface area contributed by atoms with Crippen molar-refractivity contribution >= 4 is 17.6 Å². The van der Waals surface area contributed by atoms with Crippen molar-refractivity contribution in [3.05, 3.63) is 6.20 Å². The summed E-state index contributed by atoms with van der Waals surface area (Å²) in [7, 11) is 0. The van der Waals surface area contributed by atoms with E-state index >= 15 is 0 Å². The second-order valence-corrected chi connectivity index (χ2v) is 3.83. The molecule has 6 heteroatoms. The van der Waals surface area contributed by atoms with Crippen molar-refractivity contribution < 1.29 is 9.53 Å². The SMILES string of the molecule is CC.CC(C)(C)OC(=O)Nc1[nH]ncc1N. The number of nitrogens with two attached hydrogens (primary N) is 1. The molecule has 4 N–H and O–H groups in total. The van der Waals surface area contributed by atoms with Crippen LogP contribution in [-0.2, 0) is 4.74 Å². The third-order valence-corrected chi connectivity index (χ3v) is 1.29. The van der Waals surface area contributed by atoms with E-state index < -0.39 is 11.7 Å². The van der Waals surface area contributed by atoms with Crippen LogP contribution in [0.4, 0.5) is 16.3 Å². The van der Waals surface area contributed by atoms with Crippen molar-refractivity contribution in [3.63, 3.8) is 0 Å². The highest BCUT2D eigenvalue weighted by molar-refractivity contribution is 5.87. The predicted octanol–water partition coefficient (Wildman–Crippen LogP) is 2.37. The molecule has 92 valence electrons. The van der Waals surface area contributed by atoms with Crippen molar-refractivity contribution in [1.29, 1.82) is 0 Å². The van der Waals surface area contributed by atoms with Gasteiger partial charge in [-0.15, -0.1) is 0 Å². The molecule has 0 radical (unpaired) electrons. The van der Waals surface area contributed by atoms with Crippen LogP contribution in [0.3, 0.4) is 0 Å². The molecule has 0 aliphatic rings. The van der Waals surface area contributed by atoms with Crippen molar-refractivity contribution in [2.45, 2.75) is 40.2 Å². The molecule has 1 amide bonds. The molecule has 0 saturated carbocycles. The lowest BCUT2D eigenvalue weighted by Crippen LogP contribution is -2.27. The minimum Gasteiger partial charge on any atom is -0.444 e. The summed E-state index contributed by atoms with van der Waals surface area (Å²) in [4.78, 5) is 11.2. The highest BCUT2D eigenvalue weighted by atomic mass is 16.6. The summed E-state index contributed by atoms with van der Waals surface area (Å²) in [5, 5.41) is 8.63. The van der Waals surface area contributed by atoms with Crippen LogP contribution in [0.25, 0.3) is 0 Å². The summed E-state index contributed by atoms with van der Waals surface area (Å²) >= 11 is 0. The molecular weight excluding hydrogens is 208 g/mol. The highest BCUT2D eigenvalue weighted by Gasteiger charge is 2.17. The van der Waals surface area contributed by atoms with Crippen LogP contribution in [0.5, 0.6) is 0 Å². The summed E-state index contributed by atoms with van der Waals surface area (Å²) in [5.41, 5.74) is 5.33. The number of rotatable bonds is 1. The molecule has 0 aliphatic heterocycles. The number of hydrogen-bond acceptors (Lipinski definition) is 4. The number of nitrogens with one attached hydrogen (secondary N) is 2. The Morgan fingerprint density at radius 3 is 2.44 bits per heavy atom. The maximum absolute atomic E-state index is 11.2. The van der Waals surface area contributed by atoms with Crippen LogP contribution in [0.15, 0.2) is 6.20 Å². The van der Waals surface area contributed by atoms with Crippen LogP contribution in [0.2, 0.25) is 0 Å². The minimum absolute atomic E-state index is 0.347. The topological polar surface area (TPSA) is 93.0 Å². The van der Waals surface area contributed by atoms with E-state index in [2.05, 4.69) is 15.5 Å². The number of nitrogens with zero attached hydrogens (tertiary/aromatic N) is 1. The Morgan fingerprint density at radius 2 is 2.06 bits per heavy atom. The average molecular weight is 228 g/mol. The summed E-state index contributed by atoms with van der Waals surface area (Å²) in [6, 6.07) is 0. The van der Waals surface area contributed by atoms with Crippen LogP contribution in [0, 0.1) is 0 Å². The molecular formula is C10H20N4O2. The summed E-state index contributed by atoms with van der Waals surface area (Å²) in [6.07, 6.45) is 0.848. The molecule has 0 saturated heterocycles. The molecule has 0 bridgehead atoms. The van der Waals surface area contributed by atoms with Gasteiger partial charge in [-0.2, -0.15) is 5.10 Å². The predicted molar refractivity (Wildman–Crippen MR) is 64.2 cm³/mol.